The minimum absolute atomic E-state index is 0. The van der Waals surface area contributed by atoms with E-state index >= 15 is 0 Å². The Morgan fingerprint density at radius 1 is 1.40 bits per heavy atom. The Bertz CT molecular complexity index is 534. The summed E-state index contributed by atoms with van der Waals surface area (Å²) in [6.45, 7) is 4.13. The van der Waals surface area contributed by atoms with Crippen LogP contribution < -0.4 is 10.6 Å². The third-order valence-corrected chi connectivity index (χ3v) is 4.37. The van der Waals surface area contributed by atoms with Gasteiger partial charge in [0.1, 0.15) is 0 Å². The molecule has 1 saturated heterocycles. The third-order valence-electron chi connectivity index (χ3n) is 4.37. The number of alkyl halides is 2. The molecule has 2 rings (SSSR count). The fourth-order valence-corrected chi connectivity index (χ4v) is 2.94. The average Bonchev–Trinajstić information content (AvgIpc) is 2.57. The lowest BCUT2D eigenvalue weighted by atomic mass is 10.1. The van der Waals surface area contributed by atoms with Gasteiger partial charge in [-0.25, -0.2) is 8.78 Å². The minimum Gasteiger partial charge on any atom is -0.356 e. The number of aryl methyl sites for hydroxylation is 1. The maximum atomic E-state index is 12.4. The van der Waals surface area contributed by atoms with Crippen LogP contribution in [0.4, 0.5) is 8.78 Å². The summed E-state index contributed by atoms with van der Waals surface area (Å²) >= 11 is 0. The average molecular weight is 467 g/mol. The van der Waals surface area contributed by atoms with Crippen molar-refractivity contribution in [3.8, 4) is 0 Å². The molecule has 1 aliphatic heterocycles. The van der Waals surface area contributed by atoms with Crippen LogP contribution in [-0.4, -0.2) is 61.5 Å². The highest BCUT2D eigenvalue weighted by Crippen LogP contribution is 2.11. The van der Waals surface area contributed by atoms with Gasteiger partial charge in [-0.2, -0.15) is 0 Å². The molecular formula is C17H28F2IN5. The molecule has 0 unspecified atom stereocenters. The monoisotopic (exact) mass is 467 g/mol. The van der Waals surface area contributed by atoms with Crippen LogP contribution in [0.5, 0.6) is 0 Å². The largest absolute Gasteiger partial charge is 0.356 e. The molecular weight excluding hydrogens is 439 g/mol. The molecule has 5 nitrogen and oxygen atoms in total. The highest BCUT2D eigenvalue weighted by Gasteiger charge is 2.21. The maximum absolute atomic E-state index is 12.4. The second kappa shape index (κ2) is 11.6. The van der Waals surface area contributed by atoms with E-state index in [0.29, 0.717) is 13.1 Å². The molecule has 1 aromatic heterocycles. The normalized spacial score (nSPS) is 16.6. The number of hydrogen-bond acceptors (Lipinski definition) is 3. The van der Waals surface area contributed by atoms with Crippen molar-refractivity contribution in [1.82, 2.24) is 20.5 Å². The van der Waals surface area contributed by atoms with Gasteiger partial charge in [-0.05, 0) is 43.4 Å². The van der Waals surface area contributed by atoms with Crippen LogP contribution >= 0.6 is 24.0 Å². The Hall–Kier alpha value is -1.03. The van der Waals surface area contributed by atoms with Crippen LogP contribution in [0, 0.1) is 6.92 Å². The molecule has 8 heteroatoms. The summed E-state index contributed by atoms with van der Waals surface area (Å²) in [5.41, 5.74) is 2.46. The Kier molecular flexibility index (Phi) is 10.2. The molecule has 0 amide bonds. The Labute approximate surface area is 165 Å². The number of halogens is 3. The van der Waals surface area contributed by atoms with E-state index in [1.54, 1.807) is 7.05 Å². The SMILES string of the molecule is CN=C(NCCc1ccncc1C)NC1CCN(CC(F)F)CC1.I. The van der Waals surface area contributed by atoms with Gasteiger partial charge in [0.05, 0.1) is 6.54 Å². The second-order valence-electron chi connectivity index (χ2n) is 6.16. The van der Waals surface area contributed by atoms with Gasteiger partial charge in [-0.1, -0.05) is 0 Å². The number of nitrogens with one attached hydrogen (secondary N) is 2. The van der Waals surface area contributed by atoms with Crippen molar-refractivity contribution in [2.45, 2.75) is 38.7 Å². The number of likely N-dealkylation sites (tertiary alicyclic amines) is 1. The number of aromatic nitrogens is 1. The molecule has 2 heterocycles. The highest BCUT2D eigenvalue weighted by molar-refractivity contribution is 14.0. The minimum atomic E-state index is -2.25. The lowest BCUT2D eigenvalue weighted by Crippen LogP contribution is -2.49. The zero-order chi connectivity index (χ0) is 17.4. The van der Waals surface area contributed by atoms with Gasteiger partial charge in [0.25, 0.3) is 6.43 Å². The van der Waals surface area contributed by atoms with Crippen molar-refractivity contribution in [3.63, 3.8) is 0 Å². The number of rotatable bonds is 6. The molecule has 1 aromatic rings. The summed E-state index contributed by atoms with van der Waals surface area (Å²) in [5.74, 6) is 0.772. The number of piperidine rings is 1. The van der Waals surface area contributed by atoms with Gasteiger partial charge in [0, 0.05) is 45.1 Å². The van der Waals surface area contributed by atoms with E-state index in [9.17, 15) is 8.78 Å². The van der Waals surface area contributed by atoms with Gasteiger partial charge in [-0.3, -0.25) is 14.9 Å². The van der Waals surface area contributed by atoms with Crippen LogP contribution in [0.1, 0.15) is 24.0 Å². The molecule has 25 heavy (non-hydrogen) atoms. The van der Waals surface area contributed by atoms with Gasteiger partial charge < -0.3 is 10.6 Å². The fourth-order valence-electron chi connectivity index (χ4n) is 2.94. The maximum Gasteiger partial charge on any atom is 0.251 e. The zero-order valence-corrected chi connectivity index (χ0v) is 17.2. The van der Waals surface area contributed by atoms with E-state index in [1.165, 1.54) is 11.1 Å². The molecule has 142 valence electrons. The molecule has 0 aromatic carbocycles. The molecule has 0 spiro atoms. The van der Waals surface area contributed by atoms with Crippen molar-refractivity contribution in [3.05, 3.63) is 29.6 Å². The third kappa shape index (κ3) is 7.81. The first-order valence-corrected chi connectivity index (χ1v) is 8.45. The Morgan fingerprint density at radius 2 is 2.12 bits per heavy atom. The molecule has 1 fully saturated rings. The first-order chi connectivity index (χ1) is 11.6. The summed E-state index contributed by atoms with van der Waals surface area (Å²) in [6, 6.07) is 2.32. The van der Waals surface area contributed by atoms with E-state index in [0.717, 1.165) is 31.8 Å². The molecule has 0 saturated carbocycles. The number of nitrogens with zero attached hydrogens (tertiary/aromatic N) is 3. The van der Waals surface area contributed by atoms with Crippen LogP contribution in [0.25, 0.3) is 0 Å². The first kappa shape index (κ1) is 22.0. The van der Waals surface area contributed by atoms with Crippen LogP contribution in [0.3, 0.4) is 0 Å². The smallest absolute Gasteiger partial charge is 0.251 e. The fraction of sp³-hybridized carbons (Fsp3) is 0.647. The van der Waals surface area contributed by atoms with E-state index in [-0.39, 0.29) is 36.6 Å². The number of aliphatic imine (C=N–C) groups is 1. The summed E-state index contributed by atoms with van der Waals surface area (Å²) in [7, 11) is 1.75. The van der Waals surface area contributed by atoms with E-state index in [4.69, 9.17) is 0 Å². The lowest BCUT2D eigenvalue weighted by Gasteiger charge is -2.32. The van der Waals surface area contributed by atoms with Crippen molar-refractivity contribution < 1.29 is 8.78 Å². The number of pyridine rings is 1. The number of hydrogen-bond donors (Lipinski definition) is 2. The van der Waals surface area contributed by atoms with Gasteiger partial charge in [0.15, 0.2) is 5.96 Å². The summed E-state index contributed by atoms with van der Waals surface area (Å²) < 4.78 is 24.8. The predicted molar refractivity (Wildman–Crippen MR) is 108 cm³/mol. The summed E-state index contributed by atoms with van der Waals surface area (Å²) in [4.78, 5) is 10.2. The van der Waals surface area contributed by atoms with Crippen molar-refractivity contribution in [2.75, 3.05) is 33.2 Å². The van der Waals surface area contributed by atoms with E-state index in [1.807, 2.05) is 23.4 Å². The molecule has 0 bridgehead atoms. The molecule has 0 atom stereocenters. The molecule has 1 aliphatic rings. The quantitative estimate of drug-likeness (QED) is 0.384. The molecule has 2 N–H and O–H groups in total. The molecule has 0 aliphatic carbocycles. The van der Waals surface area contributed by atoms with E-state index < -0.39 is 6.43 Å². The van der Waals surface area contributed by atoms with Crippen LogP contribution in [0.2, 0.25) is 0 Å². The topological polar surface area (TPSA) is 52.6 Å². The first-order valence-electron chi connectivity index (χ1n) is 8.45. The standard InChI is InChI=1S/C17H27F2N5.HI/c1-13-11-21-7-3-14(13)4-8-22-17(20-2)23-15-5-9-24(10-6-15)12-16(18)19;/h3,7,11,15-16H,4-6,8-10,12H2,1-2H3,(H2,20,22,23);1H. The van der Waals surface area contributed by atoms with Crippen molar-refractivity contribution in [1.29, 1.82) is 0 Å². The summed E-state index contributed by atoms with van der Waals surface area (Å²) in [6.07, 6.45) is 4.05. The zero-order valence-electron chi connectivity index (χ0n) is 14.8. The lowest BCUT2D eigenvalue weighted by molar-refractivity contribution is 0.0744. The van der Waals surface area contributed by atoms with Gasteiger partial charge in [-0.15, -0.1) is 24.0 Å². The van der Waals surface area contributed by atoms with Crippen molar-refractivity contribution >= 4 is 29.9 Å². The molecule has 0 radical (unpaired) electrons. The predicted octanol–water partition coefficient (Wildman–Crippen LogP) is 2.45. The number of guanidine groups is 1. The van der Waals surface area contributed by atoms with Gasteiger partial charge >= 0.3 is 0 Å². The van der Waals surface area contributed by atoms with Gasteiger partial charge in [0.2, 0.25) is 0 Å². The van der Waals surface area contributed by atoms with Crippen molar-refractivity contribution in [2.24, 2.45) is 4.99 Å². The summed E-state index contributed by atoms with van der Waals surface area (Å²) in [5, 5.41) is 6.71. The highest BCUT2D eigenvalue weighted by atomic mass is 127. The van der Waals surface area contributed by atoms with E-state index in [2.05, 4.69) is 27.5 Å². The Morgan fingerprint density at radius 3 is 2.72 bits per heavy atom. The van der Waals surface area contributed by atoms with Crippen LogP contribution in [-0.2, 0) is 6.42 Å². The second-order valence-corrected chi connectivity index (χ2v) is 6.16. The van der Waals surface area contributed by atoms with Crippen LogP contribution in [0.15, 0.2) is 23.5 Å². The Balaban J connectivity index is 0.00000312.